The standard InChI is InChI=1S/C16H15BrO/c1-11-2-4-12(5-3-11)15-8-6-13-10-14(17)7-9-16(13)18-15/h2-5,7,9-10,15H,6,8H2,1H3. The van der Waals surface area contributed by atoms with Gasteiger partial charge in [-0.05, 0) is 49.1 Å². The molecule has 0 bridgehead atoms. The highest BCUT2D eigenvalue weighted by Gasteiger charge is 2.21. The van der Waals surface area contributed by atoms with E-state index in [1.54, 1.807) is 0 Å². The molecule has 1 unspecified atom stereocenters. The Morgan fingerprint density at radius 2 is 1.89 bits per heavy atom. The number of ether oxygens (including phenoxy) is 1. The SMILES string of the molecule is Cc1ccc(C2CCc3cc(Br)ccc3O2)cc1. The van der Waals surface area contributed by atoms with Crippen LogP contribution in [-0.2, 0) is 6.42 Å². The molecule has 92 valence electrons. The normalized spacial score (nSPS) is 18.0. The molecule has 1 aliphatic heterocycles. The van der Waals surface area contributed by atoms with Crippen molar-refractivity contribution in [1.29, 1.82) is 0 Å². The van der Waals surface area contributed by atoms with Crippen LogP contribution in [0.2, 0.25) is 0 Å². The van der Waals surface area contributed by atoms with Gasteiger partial charge in [-0.3, -0.25) is 0 Å². The molecule has 0 radical (unpaired) electrons. The molecule has 0 N–H and O–H groups in total. The maximum atomic E-state index is 6.09. The second-order valence-electron chi connectivity index (χ2n) is 4.81. The first kappa shape index (κ1) is 11.8. The largest absolute Gasteiger partial charge is 0.485 e. The molecule has 0 fully saturated rings. The minimum Gasteiger partial charge on any atom is -0.485 e. The summed E-state index contributed by atoms with van der Waals surface area (Å²) in [7, 11) is 0. The van der Waals surface area contributed by atoms with Gasteiger partial charge in [-0.2, -0.15) is 0 Å². The van der Waals surface area contributed by atoms with Crippen molar-refractivity contribution >= 4 is 15.9 Å². The van der Waals surface area contributed by atoms with Crippen molar-refractivity contribution in [3.8, 4) is 5.75 Å². The van der Waals surface area contributed by atoms with E-state index in [4.69, 9.17) is 4.74 Å². The van der Waals surface area contributed by atoms with Gasteiger partial charge in [-0.25, -0.2) is 0 Å². The van der Waals surface area contributed by atoms with Gasteiger partial charge in [0.1, 0.15) is 11.9 Å². The smallest absolute Gasteiger partial charge is 0.124 e. The Balaban J connectivity index is 1.86. The van der Waals surface area contributed by atoms with Crippen molar-refractivity contribution in [2.24, 2.45) is 0 Å². The predicted octanol–water partition coefficient (Wildman–Crippen LogP) is 4.82. The van der Waals surface area contributed by atoms with Crippen LogP contribution < -0.4 is 4.74 Å². The van der Waals surface area contributed by atoms with E-state index < -0.39 is 0 Å². The summed E-state index contributed by atoms with van der Waals surface area (Å²) in [6.45, 7) is 2.11. The topological polar surface area (TPSA) is 9.23 Å². The number of aryl methyl sites for hydroxylation is 2. The van der Waals surface area contributed by atoms with E-state index in [-0.39, 0.29) is 6.10 Å². The Labute approximate surface area is 116 Å². The first-order valence-corrected chi connectivity index (χ1v) is 7.03. The molecule has 1 nitrogen and oxygen atoms in total. The average molecular weight is 303 g/mol. The summed E-state index contributed by atoms with van der Waals surface area (Å²) in [4.78, 5) is 0. The molecule has 1 atom stereocenters. The highest BCUT2D eigenvalue weighted by atomic mass is 79.9. The highest BCUT2D eigenvalue weighted by Crippen LogP contribution is 2.36. The van der Waals surface area contributed by atoms with Gasteiger partial charge in [-0.15, -0.1) is 0 Å². The quantitative estimate of drug-likeness (QED) is 0.733. The Hall–Kier alpha value is -1.28. The monoisotopic (exact) mass is 302 g/mol. The van der Waals surface area contributed by atoms with Crippen LogP contribution >= 0.6 is 15.9 Å². The summed E-state index contributed by atoms with van der Waals surface area (Å²) in [6, 6.07) is 14.9. The number of hydrogen-bond acceptors (Lipinski definition) is 1. The number of benzene rings is 2. The summed E-state index contributed by atoms with van der Waals surface area (Å²) in [5, 5.41) is 0. The molecule has 2 aromatic carbocycles. The van der Waals surface area contributed by atoms with Crippen LogP contribution in [0.1, 0.15) is 29.2 Å². The van der Waals surface area contributed by atoms with Crippen LogP contribution in [0.25, 0.3) is 0 Å². The first-order valence-electron chi connectivity index (χ1n) is 6.24. The van der Waals surface area contributed by atoms with E-state index in [2.05, 4.69) is 59.3 Å². The van der Waals surface area contributed by atoms with Gasteiger partial charge in [0.15, 0.2) is 0 Å². The summed E-state index contributed by atoms with van der Waals surface area (Å²) in [5.41, 5.74) is 3.86. The van der Waals surface area contributed by atoms with Crippen LogP contribution in [0.5, 0.6) is 5.75 Å². The molecule has 18 heavy (non-hydrogen) atoms. The van der Waals surface area contributed by atoms with Crippen molar-refractivity contribution in [1.82, 2.24) is 0 Å². The number of hydrogen-bond donors (Lipinski definition) is 0. The number of halogens is 1. The molecule has 0 saturated carbocycles. The predicted molar refractivity (Wildman–Crippen MR) is 77.0 cm³/mol. The number of rotatable bonds is 1. The molecule has 0 aromatic heterocycles. The molecule has 0 saturated heterocycles. The number of fused-ring (bicyclic) bond motifs is 1. The van der Waals surface area contributed by atoms with E-state index in [9.17, 15) is 0 Å². The summed E-state index contributed by atoms with van der Waals surface area (Å²) >= 11 is 3.50. The summed E-state index contributed by atoms with van der Waals surface area (Å²) in [6.07, 6.45) is 2.32. The fraction of sp³-hybridized carbons (Fsp3) is 0.250. The van der Waals surface area contributed by atoms with Gasteiger partial charge in [0, 0.05) is 4.47 Å². The maximum Gasteiger partial charge on any atom is 0.124 e. The van der Waals surface area contributed by atoms with Crippen LogP contribution in [0.4, 0.5) is 0 Å². The van der Waals surface area contributed by atoms with Gasteiger partial charge in [-0.1, -0.05) is 45.8 Å². The second-order valence-corrected chi connectivity index (χ2v) is 5.72. The highest BCUT2D eigenvalue weighted by molar-refractivity contribution is 9.10. The third-order valence-corrected chi connectivity index (χ3v) is 3.91. The lowest BCUT2D eigenvalue weighted by Crippen LogP contribution is -2.15. The molecule has 3 rings (SSSR count). The van der Waals surface area contributed by atoms with E-state index in [0.717, 1.165) is 23.1 Å². The first-order chi connectivity index (χ1) is 8.72. The Kier molecular flexibility index (Phi) is 3.13. The van der Waals surface area contributed by atoms with Crippen LogP contribution in [0.3, 0.4) is 0 Å². The van der Waals surface area contributed by atoms with Crippen molar-refractivity contribution < 1.29 is 4.74 Å². The minimum atomic E-state index is 0.194. The lowest BCUT2D eigenvalue weighted by molar-refractivity contribution is 0.176. The van der Waals surface area contributed by atoms with Crippen molar-refractivity contribution in [3.05, 3.63) is 63.6 Å². The fourth-order valence-electron chi connectivity index (χ4n) is 2.37. The third-order valence-electron chi connectivity index (χ3n) is 3.42. The summed E-state index contributed by atoms with van der Waals surface area (Å²) in [5.74, 6) is 1.02. The Bertz CT molecular complexity index is 560. The van der Waals surface area contributed by atoms with Crippen molar-refractivity contribution in [2.75, 3.05) is 0 Å². The summed E-state index contributed by atoms with van der Waals surface area (Å²) < 4.78 is 7.22. The second kappa shape index (κ2) is 4.77. The van der Waals surface area contributed by atoms with Gasteiger partial charge >= 0.3 is 0 Å². The van der Waals surface area contributed by atoms with Gasteiger partial charge < -0.3 is 4.74 Å². The van der Waals surface area contributed by atoms with Crippen LogP contribution in [0, 0.1) is 6.92 Å². The van der Waals surface area contributed by atoms with Crippen LogP contribution in [-0.4, -0.2) is 0 Å². The Morgan fingerprint density at radius 1 is 1.11 bits per heavy atom. The molecule has 2 aromatic rings. The molecular formula is C16H15BrO. The molecule has 1 aliphatic rings. The van der Waals surface area contributed by atoms with Gasteiger partial charge in [0.25, 0.3) is 0 Å². The van der Waals surface area contributed by atoms with Gasteiger partial charge in [0.05, 0.1) is 0 Å². The van der Waals surface area contributed by atoms with E-state index in [1.807, 2.05) is 6.07 Å². The zero-order valence-electron chi connectivity index (χ0n) is 10.3. The average Bonchev–Trinajstić information content (AvgIpc) is 2.39. The van der Waals surface area contributed by atoms with E-state index in [1.165, 1.54) is 16.7 Å². The molecule has 0 aliphatic carbocycles. The Morgan fingerprint density at radius 3 is 2.67 bits per heavy atom. The molecular weight excluding hydrogens is 288 g/mol. The van der Waals surface area contributed by atoms with Crippen LogP contribution in [0.15, 0.2) is 46.9 Å². The van der Waals surface area contributed by atoms with E-state index in [0.29, 0.717) is 0 Å². The lowest BCUT2D eigenvalue weighted by atomic mass is 9.97. The van der Waals surface area contributed by atoms with Gasteiger partial charge in [0.2, 0.25) is 0 Å². The molecule has 0 amide bonds. The molecule has 0 spiro atoms. The zero-order valence-corrected chi connectivity index (χ0v) is 11.9. The zero-order chi connectivity index (χ0) is 12.5. The fourth-order valence-corrected chi connectivity index (χ4v) is 2.78. The molecule has 2 heteroatoms. The minimum absolute atomic E-state index is 0.194. The molecule has 1 heterocycles. The van der Waals surface area contributed by atoms with Crippen molar-refractivity contribution in [3.63, 3.8) is 0 Å². The van der Waals surface area contributed by atoms with Crippen molar-refractivity contribution in [2.45, 2.75) is 25.9 Å². The third kappa shape index (κ3) is 2.30. The maximum absolute atomic E-state index is 6.09. The lowest BCUT2D eigenvalue weighted by Gasteiger charge is -2.26. The van der Waals surface area contributed by atoms with E-state index >= 15 is 0 Å².